The topological polar surface area (TPSA) is 76.5 Å². The van der Waals surface area contributed by atoms with Crippen LogP contribution in [0.25, 0.3) is 23.0 Å². The number of aromatic nitrogens is 4. The highest BCUT2D eigenvalue weighted by molar-refractivity contribution is 6.34. The lowest BCUT2D eigenvalue weighted by atomic mass is 9.95. The minimum atomic E-state index is -3.14. The lowest BCUT2D eigenvalue weighted by Crippen LogP contribution is -2.10. The van der Waals surface area contributed by atoms with E-state index in [0.717, 1.165) is 6.92 Å². The van der Waals surface area contributed by atoms with E-state index in [-0.39, 0.29) is 23.5 Å². The monoisotopic (exact) mass is 455 g/mol. The third kappa shape index (κ3) is 3.84. The molecule has 0 amide bonds. The SMILES string of the molecule is C=Cc1c(C(C)(F)F)nn(C)c1-n1cc(-c2ccc(Cl)c(C(=O)CC3(C#N)CC3)c2)cn1. The molecule has 0 aliphatic heterocycles. The highest BCUT2D eigenvalue weighted by Gasteiger charge is 2.45. The van der Waals surface area contributed by atoms with Crippen molar-refractivity contribution in [1.29, 1.82) is 5.26 Å². The molecule has 1 aliphatic carbocycles. The smallest absolute Gasteiger partial charge is 0.289 e. The first-order valence-corrected chi connectivity index (χ1v) is 10.3. The van der Waals surface area contributed by atoms with Gasteiger partial charge in [-0.1, -0.05) is 30.3 Å². The number of ketones is 1. The van der Waals surface area contributed by atoms with E-state index in [0.29, 0.717) is 40.4 Å². The largest absolute Gasteiger partial charge is 0.294 e. The summed E-state index contributed by atoms with van der Waals surface area (Å²) >= 11 is 6.26. The van der Waals surface area contributed by atoms with Gasteiger partial charge in [-0.15, -0.1) is 0 Å². The molecule has 6 nitrogen and oxygen atoms in total. The van der Waals surface area contributed by atoms with E-state index in [9.17, 15) is 18.8 Å². The Labute approximate surface area is 188 Å². The fraction of sp³-hybridized carbons (Fsp3) is 0.304. The van der Waals surface area contributed by atoms with Gasteiger partial charge in [-0.05, 0) is 30.5 Å². The second-order valence-corrected chi connectivity index (χ2v) is 8.57. The number of Topliss-reactive ketones (excluding diaryl/α,β-unsaturated/α-hetero) is 1. The molecule has 1 saturated carbocycles. The van der Waals surface area contributed by atoms with Gasteiger partial charge in [0.1, 0.15) is 5.69 Å². The summed E-state index contributed by atoms with van der Waals surface area (Å²) in [7, 11) is 1.56. The van der Waals surface area contributed by atoms with Gasteiger partial charge < -0.3 is 0 Å². The Kier molecular flexibility index (Phi) is 5.25. The van der Waals surface area contributed by atoms with Crippen LogP contribution in [0.15, 0.2) is 37.2 Å². The normalized spacial score (nSPS) is 14.8. The average Bonchev–Trinajstić information content (AvgIpc) is 3.18. The van der Waals surface area contributed by atoms with Gasteiger partial charge in [-0.2, -0.15) is 24.2 Å². The van der Waals surface area contributed by atoms with Gasteiger partial charge in [0.25, 0.3) is 5.92 Å². The van der Waals surface area contributed by atoms with E-state index in [1.165, 1.54) is 15.4 Å². The summed E-state index contributed by atoms with van der Waals surface area (Å²) in [6.07, 6.45) is 6.13. The van der Waals surface area contributed by atoms with Gasteiger partial charge in [-0.25, -0.2) is 9.36 Å². The molecule has 164 valence electrons. The number of benzene rings is 1. The molecule has 1 aromatic carbocycles. The molecule has 1 aliphatic rings. The number of hydrogen-bond acceptors (Lipinski definition) is 4. The number of carbonyl (C=O) groups is 1. The summed E-state index contributed by atoms with van der Waals surface area (Å²) in [5, 5.41) is 17.9. The zero-order valence-corrected chi connectivity index (χ0v) is 18.3. The Bertz CT molecular complexity index is 1270. The molecule has 0 spiro atoms. The van der Waals surface area contributed by atoms with E-state index in [4.69, 9.17) is 11.6 Å². The fourth-order valence-electron chi connectivity index (χ4n) is 3.70. The molecule has 0 atom stereocenters. The van der Waals surface area contributed by atoms with Gasteiger partial charge in [0.15, 0.2) is 11.6 Å². The van der Waals surface area contributed by atoms with Crippen LogP contribution in [0.5, 0.6) is 0 Å². The molecule has 0 unspecified atom stereocenters. The Balaban J connectivity index is 1.70. The van der Waals surface area contributed by atoms with Crippen LogP contribution in [-0.2, 0) is 13.0 Å². The molecule has 0 N–H and O–H groups in total. The number of alkyl halides is 2. The molecule has 2 heterocycles. The van der Waals surface area contributed by atoms with Crippen molar-refractivity contribution in [2.24, 2.45) is 12.5 Å². The van der Waals surface area contributed by atoms with Crippen molar-refractivity contribution in [3.05, 3.63) is 59.0 Å². The molecule has 0 saturated heterocycles. The molecular formula is C23H20ClF2N5O. The Hall–Kier alpha value is -3.31. The van der Waals surface area contributed by atoms with Gasteiger partial charge in [0.05, 0.1) is 22.7 Å². The molecule has 9 heteroatoms. The van der Waals surface area contributed by atoms with E-state index in [1.807, 2.05) is 0 Å². The lowest BCUT2D eigenvalue weighted by Gasteiger charge is -2.09. The van der Waals surface area contributed by atoms with Crippen molar-refractivity contribution < 1.29 is 13.6 Å². The molecule has 0 bridgehead atoms. The van der Waals surface area contributed by atoms with Gasteiger partial charge in [-0.3, -0.25) is 4.79 Å². The van der Waals surface area contributed by atoms with E-state index >= 15 is 0 Å². The van der Waals surface area contributed by atoms with Crippen LogP contribution in [-0.4, -0.2) is 25.3 Å². The number of aryl methyl sites for hydroxylation is 1. The second kappa shape index (κ2) is 7.68. The van der Waals surface area contributed by atoms with Gasteiger partial charge in [0.2, 0.25) is 0 Å². The maximum atomic E-state index is 14.0. The average molecular weight is 456 g/mol. The first-order chi connectivity index (χ1) is 15.1. The zero-order chi connectivity index (χ0) is 23.3. The van der Waals surface area contributed by atoms with Crippen molar-refractivity contribution in [1.82, 2.24) is 19.6 Å². The summed E-state index contributed by atoms with van der Waals surface area (Å²) in [5.74, 6) is -2.97. The standard InChI is InChI=1S/C23H20ClF2N5O/c1-4-16-20(22(2,25)26)29-30(3)21(16)31-12-15(11-28-31)14-5-6-18(24)17(9-14)19(32)10-23(13-27)7-8-23/h4-6,9,11-12H,1,7-8,10H2,2-3H3. The highest BCUT2D eigenvalue weighted by atomic mass is 35.5. The summed E-state index contributed by atoms with van der Waals surface area (Å²) in [6.45, 7) is 4.43. The van der Waals surface area contributed by atoms with Crippen LogP contribution in [0.1, 0.15) is 47.8 Å². The number of hydrogen-bond donors (Lipinski definition) is 0. The third-order valence-corrected chi connectivity index (χ3v) is 5.99. The van der Waals surface area contributed by atoms with Crippen molar-refractivity contribution >= 4 is 23.5 Å². The third-order valence-electron chi connectivity index (χ3n) is 5.66. The fourth-order valence-corrected chi connectivity index (χ4v) is 3.93. The van der Waals surface area contributed by atoms with Crippen LogP contribution in [0.4, 0.5) is 8.78 Å². The minimum Gasteiger partial charge on any atom is -0.294 e. The maximum Gasteiger partial charge on any atom is 0.289 e. The van der Waals surface area contributed by atoms with Crippen molar-refractivity contribution in [3.8, 4) is 23.0 Å². The molecule has 2 aromatic heterocycles. The predicted molar refractivity (Wildman–Crippen MR) is 117 cm³/mol. The predicted octanol–water partition coefficient (Wildman–Crippen LogP) is 5.56. The van der Waals surface area contributed by atoms with Crippen molar-refractivity contribution in [2.75, 3.05) is 0 Å². The summed E-state index contributed by atoms with van der Waals surface area (Å²) in [4.78, 5) is 12.8. The quantitative estimate of drug-likeness (QED) is 0.437. The van der Waals surface area contributed by atoms with Crippen molar-refractivity contribution in [3.63, 3.8) is 0 Å². The summed E-state index contributed by atoms with van der Waals surface area (Å²) in [6, 6.07) is 7.27. The summed E-state index contributed by atoms with van der Waals surface area (Å²) in [5.41, 5.74) is 0.938. The highest BCUT2D eigenvalue weighted by Crippen LogP contribution is 2.49. The minimum absolute atomic E-state index is 0.137. The Morgan fingerprint density at radius 1 is 1.41 bits per heavy atom. The molecule has 1 fully saturated rings. The lowest BCUT2D eigenvalue weighted by molar-refractivity contribution is 0.0120. The van der Waals surface area contributed by atoms with E-state index in [1.54, 1.807) is 37.6 Å². The van der Waals surface area contributed by atoms with Gasteiger partial charge >= 0.3 is 0 Å². The summed E-state index contributed by atoms with van der Waals surface area (Å²) < 4.78 is 30.7. The molecule has 0 radical (unpaired) electrons. The van der Waals surface area contributed by atoms with E-state index in [2.05, 4.69) is 22.8 Å². The Morgan fingerprint density at radius 2 is 2.12 bits per heavy atom. The van der Waals surface area contributed by atoms with E-state index < -0.39 is 11.3 Å². The van der Waals surface area contributed by atoms with Crippen LogP contribution in [0, 0.1) is 16.7 Å². The van der Waals surface area contributed by atoms with Crippen LogP contribution in [0.2, 0.25) is 5.02 Å². The molecule has 3 aromatic rings. The number of halogens is 3. The Morgan fingerprint density at radius 3 is 2.72 bits per heavy atom. The number of nitriles is 1. The first-order valence-electron chi connectivity index (χ1n) is 9.96. The van der Waals surface area contributed by atoms with Crippen LogP contribution in [0.3, 0.4) is 0 Å². The van der Waals surface area contributed by atoms with Crippen molar-refractivity contribution in [2.45, 2.75) is 32.1 Å². The van der Waals surface area contributed by atoms with Crippen LogP contribution >= 0.6 is 11.6 Å². The molecule has 32 heavy (non-hydrogen) atoms. The first kappa shape index (κ1) is 21.9. The number of nitrogens with zero attached hydrogens (tertiary/aromatic N) is 5. The zero-order valence-electron chi connectivity index (χ0n) is 17.6. The number of rotatable bonds is 7. The van der Waals surface area contributed by atoms with Gasteiger partial charge in [0, 0.05) is 43.3 Å². The maximum absolute atomic E-state index is 14.0. The van der Waals surface area contributed by atoms with Crippen LogP contribution < -0.4 is 0 Å². The number of carbonyl (C=O) groups excluding carboxylic acids is 1. The second-order valence-electron chi connectivity index (χ2n) is 8.16. The molecular weight excluding hydrogens is 436 g/mol. The molecule has 4 rings (SSSR count).